The van der Waals surface area contributed by atoms with E-state index in [1.165, 1.54) is 5.56 Å². The van der Waals surface area contributed by atoms with Gasteiger partial charge in [-0.25, -0.2) is 0 Å². The first-order valence-corrected chi connectivity index (χ1v) is 6.35. The van der Waals surface area contributed by atoms with E-state index in [1.807, 2.05) is 13.1 Å². The molecular weight excluding hydrogens is 335 g/mol. The molecule has 0 spiro atoms. The van der Waals surface area contributed by atoms with Gasteiger partial charge in [-0.15, -0.1) is 0 Å². The van der Waals surface area contributed by atoms with Crippen LogP contribution in [-0.2, 0) is 32.7 Å². The van der Waals surface area contributed by atoms with E-state index >= 15 is 0 Å². The fourth-order valence-electron chi connectivity index (χ4n) is 1.25. The van der Waals surface area contributed by atoms with Gasteiger partial charge in [0, 0.05) is 45.3 Å². The third-order valence-electron chi connectivity index (χ3n) is 2.80. The molecule has 0 saturated heterocycles. The minimum Gasteiger partial charge on any atom is -0.395 e. The number of likely N-dealkylation sites (N-methyl/N-ethyl adjacent to an activating group) is 1. The molecule has 0 aliphatic carbocycles. The predicted octanol–water partition coefficient (Wildman–Crippen LogP) is 5.03. The number of rotatable bonds is 4. The van der Waals surface area contributed by atoms with Gasteiger partial charge in [-0.2, -0.15) is 0 Å². The predicted molar refractivity (Wildman–Crippen MR) is 95.6 cm³/mol. The zero-order chi connectivity index (χ0) is 13.3. The Labute approximate surface area is 160 Å². The standard InChI is InChI=1S/C9H12.C6H15NO.3CH4.Y/c1-8(2)9-6-4-3-5-7-9;1-6(2)7(3)4-5-8;;;;/h3-8H,1-2H3;6,8H,4-5H2,1-3H3;3*1H4;. The molecule has 0 atom stereocenters. The van der Waals surface area contributed by atoms with Gasteiger partial charge in [0.1, 0.15) is 0 Å². The van der Waals surface area contributed by atoms with Crippen molar-refractivity contribution >= 4 is 0 Å². The van der Waals surface area contributed by atoms with Gasteiger partial charge in [-0.05, 0) is 32.4 Å². The molecule has 3 heteroatoms. The van der Waals surface area contributed by atoms with E-state index in [1.54, 1.807) is 0 Å². The van der Waals surface area contributed by atoms with Crippen molar-refractivity contribution in [2.45, 2.75) is 61.9 Å². The molecule has 2 nitrogen and oxygen atoms in total. The second kappa shape index (κ2) is 20.2. The van der Waals surface area contributed by atoms with Crippen molar-refractivity contribution in [3.05, 3.63) is 35.9 Å². The van der Waals surface area contributed by atoms with E-state index in [2.05, 4.69) is 56.9 Å². The van der Waals surface area contributed by atoms with Crippen molar-refractivity contribution in [2.24, 2.45) is 0 Å². The van der Waals surface area contributed by atoms with Crippen LogP contribution in [0.5, 0.6) is 0 Å². The first kappa shape index (κ1) is 33.0. The SMILES string of the molecule is C.C.C.CC(C)N(C)CCO.CC(C)c1ccccc1.[Y]. The maximum atomic E-state index is 8.44. The van der Waals surface area contributed by atoms with Crippen LogP contribution in [0.2, 0.25) is 0 Å². The van der Waals surface area contributed by atoms with Crippen molar-refractivity contribution < 1.29 is 37.8 Å². The van der Waals surface area contributed by atoms with Crippen LogP contribution in [-0.4, -0.2) is 36.2 Å². The number of aliphatic hydroxyl groups excluding tert-OH is 1. The zero-order valence-electron chi connectivity index (χ0n) is 12.4. The summed E-state index contributed by atoms with van der Waals surface area (Å²) in [6, 6.07) is 11.1. The van der Waals surface area contributed by atoms with Crippen LogP contribution in [0, 0.1) is 0 Å². The summed E-state index contributed by atoms with van der Waals surface area (Å²) in [5, 5.41) is 8.44. The van der Waals surface area contributed by atoms with Crippen molar-refractivity contribution in [2.75, 3.05) is 20.2 Å². The summed E-state index contributed by atoms with van der Waals surface area (Å²) in [5.41, 5.74) is 1.41. The van der Waals surface area contributed by atoms with Crippen molar-refractivity contribution in [3.63, 3.8) is 0 Å². The quantitative estimate of drug-likeness (QED) is 0.799. The van der Waals surface area contributed by atoms with Crippen LogP contribution in [0.4, 0.5) is 0 Å². The number of aliphatic hydroxyl groups is 1. The topological polar surface area (TPSA) is 23.5 Å². The Hall–Kier alpha value is 0.244. The second-order valence-electron chi connectivity index (χ2n) is 4.86. The molecule has 0 fully saturated rings. The molecule has 0 aliphatic rings. The molecule has 0 unspecified atom stereocenters. The van der Waals surface area contributed by atoms with Gasteiger partial charge in [0.15, 0.2) is 0 Å². The number of nitrogens with zero attached hydrogens (tertiary/aromatic N) is 1. The van der Waals surface area contributed by atoms with Crippen LogP contribution >= 0.6 is 0 Å². The Morgan fingerprint density at radius 2 is 1.38 bits per heavy atom. The molecule has 0 aliphatic heterocycles. The molecule has 0 bridgehead atoms. The largest absolute Gasteiger partial charge is 0.395 e. The van der Waals surface area contributed by atoms with Crippen LogP contribution in [0.15, 0.2) is 30.3 Å². The summed E-state index contributed by atoms with van der Waals surface area (Å²) in [6.45, 7) is 9.66. The molecule has 1 aromatic rings. The molecular formula is C18H39NOY. The summed E-state index contributed by atoms with van der Waals surface area (Å²) in [6.07, 6.45) is 0. The average molecular weight is 374 g/mol. The molecule has 1 N–H and O–H groups in total. The van der Waals surface area contributed by atoms with Gasteiger partial charge < -0.3 is 10.0 Å². The Morgan fingerprint density at radius 3 is 1.57 bits per heavy atom. The first-order valence-electron chi connectivity index (χ1n) is 6.35. The number of hydrogen-bond acceptors (Lipinski definition) is 2. The van der Waals surface area contributed by atoms with E-state index in [4.69, 9.17) is 5.11 Å². The number of benzene rings is 1. The minimum atomic E-state index is 0. The van der Waals surface area contributed by atoms with Gasteiger partial charge in [0.05, 0.1) is 6.61 Å². The third-order valence-corrected chi connectivity index (χ3v) is 2.80. The van der Waals surface area contributed by atoms with E-state index in [0.717, 1.165) is 6.54 Å². The van der Waals surface area contributed by atoms with Crippen molar-refractivity contribution in [1.82, 2.24) is 4.90 Å². The van der Waals surface area contributed by atoms with Gasteiger partial charge >= 0.3 is 0 Å². The molecule has 21 heavy (non-hydrogen) atoms. The molecule has 0 aromatic heterocycles. The van der Waals surface area contributed by atoms with Gasteiger partial charge in [0.25, 0.3) is 0 Å². The number of hydrogen-bond donors (Lipinski definition) is 1. The Balaban J connectivity index is -0.0000000687. The Morgan fingerprint density at radius 1 is 0.952 bits per heavy atom. The summed E-state index contributed by atoms with van der Waals surface area (Å²) in [4.78, 5) is 2.10. The first-order chi connectivity index (χ1) is 7.99. The smallest absolute Gasteiger partial charge is 0.0558 e. The van der Waals surface area contributed by atoms with Gasteiger partial charge in [-0.3, -0.25) is 0 Å². The molecule has 1 radical (unpaired) electrons. The van der Waals surface area contributed by atoms with Crippen LogP contribution < -0.4 is 0 Å². The molecule has 0 heterocycles. The average Bonchev–Trinajstić information content (AvgIpc) is 2.31. The summed E-state index contributed by atoms with van der Waals surface area (Å²) < 4.78 is 0. The fourth-order valence-corrected chi connectivity index (χ4v) is 1.25. The van der Waals surface area contributed by atoms with Gasteiger partial charge in [0.2, 0.25) is 0 Å². The normalized spacial score (nSPS) is 8.62. The second-order valence-corrected chi connectivity index (χ2v) is 4.86. The maximum absolute atomic E-state index is 8.44. The van der Waals surface area contributed by atoms with Crippen molar-refractivity contribution in [3.8, 4) is 0 Å². The summed E-state index contributed by atoms with van der Waals surface area (Å²) in [5.74, 6) is 0.659. The molecule has 0 amide bonds. The van der Waals surface area contributed by atoms with Crippen molar-refractivity contribution in [1.29, 1.82) is 0 Å². The van der Waals surface area contributed by atoms with Crippen LogP contribution in [0.3, 0.4) is 0 Å². The molecule has 0 saturated carbocycles. The Bertz CT molecular complexity index is 276. The maximum Gasteiger partial charge on any atom is 0.0558 e. The van der Waals surface area contributed by atoms with Crippen LogP contribution in [0.1, 0.15) is 61.5 Å². The minimum absolute atomic E-state index is 0. The fraction of sp³-hybridized carbons (Fsp3) is 0.667. The summed E-state index contributed by atoms with van der Waals surface area (Å²) >= 11 is 0. The summed E-state index contributed by atoms with van der Waals surface area (Å²) in [7, 11) is 2.00. The van der Waals surface area contributed by atoms with E-state index in [0.29, 0.717) is 12.0 Å². The van der Waals surface area contributed by atoms with E-state index in [-0.39, 0.29) is 61.6 Å². The zero-order valence-corrected chi connectivity index (χ0v) is 15.3. The monoisotopic (exact) mass is 374 g/mol. The molecule has 125 valence electrons. The van der Waals surface area contributed by atoms with E-state index in [9.17, 15) is 0 Å². The van der Waals surface area contributed by atoms with E-state index < -0.39 is 0 Å². The van der Waals surface area contributed by atoms with Gasteiger partial charge in [-0.1, -0.05) is 66.5 Å². The van der Waals surface area contributed by atoms with Crippen LogP contribution in [0.25, 0.3) is 0 Å². The Kier molecular flexibility index (Phi) is 31.8. The molecule has 1 rings (SSSR count). The molecule has 1 aromatic carbocycles. The third kappa shape index (κ3) is 18.2.